The van der Waals surface area contributed by atoms with Gasteiger partial charge in [-0.25, -0.2) is 4.79 Å². The lowest BCUT2D eigenvalue weighted by atomic mass is 10.2. The molecule has 0 aliphatic rings. The smallest absolute Gasteiger partial charge is 0.319 e. The number of nitrogens with one attached hydrogen (secondary N) is 3. The van der Waals surface area contributed by atoms with Crippen molar-refractivity contribution >= 4 is 11.7 Å². The summed E-state index contributed by atoms with van der Waals surface area (Å²) < 4.78 is 0. The molecule has 17 heavy (non-hydrogen) atoms. The molecule has 0 aliphatic heterocycles. The number of hydrogen-bond donors (Lipinski definition) is 3. The molecule has 1 aromatic rings. The Morgan fingerprint density at radius 1 is 1.29 bits per heavy atom. The van der Waals surface area contributed by atoms with E-state index in [0.717, 1.165) is 25.2 Å². The average molecular weight is 235 g/mol. The molecule has 0 aromatic heterocycles. The fraction of sp³-hybridized carbons (Fsp3) is 0.462. The lowest BCUT2D eigenvalue weighted by molar-refractivity contribution is 0.252. The maximum atomic E-state index is 11.3. The molecule has 94 valence electrons. The predicted molar refractivity (Wildman–Crippen MR) is 71.1 cm³/mol. The number of urea groups is 1. The van der Waals surface area contributed by atoms with E-state index in [4.69, 9.17) is 0 Å². The lowest BCUT2D eigenvalue weighted by Crippen LogP contribution is -2.28. The van der Waals surface area contributed by atoms with Gasteiger partial charge in [-0.2, -0.15) is 0 Å². The molecule has 2 amide bonds. The largest absolute Gasteiger partial charge is 0.338 e. The first-order valence-electron chi connectivity index (χ1n) is 6.10. The minimum absolute atomic E-state index is 0.161. The van der Waals surface area contributed by atoms with E-state index in [1.54, 1.807) is 0 Å². The van der Waals surface area contributed by atoms with Crippen LogP contribution >= 0.6 is 0 Å². The Kier molecular flexibility index (Phi) is 6.10. The molecular formula is C13H21N3O. The highest BCUT2D eigenvalue weighted by molar-refractivity contribution is 5.89. The fourth-order valence-electron chi connectivity index (χ4n) is 1.50. The first kappa shape index (κ1) is 13.5. The molecule has 1 aromatic carbocycles. The van der Waals surface area contributed by atoms with E-state index in [1.807, 2.05) is 31.2 Å². The van der Waals surface area contributed by atoms with Crippen LogP contribution in [-0.2, 0) is 6.54 Å². The Hall–Kier alpha value is -1.55. The molecule has 0 saturated heterocycles. The van der Waals surface area contributed by atoms with E-state index in [0.29, 0.717) is 6.54 Å². The highest BCUT2D eigenvalue weighted by Crippen LogP contribution is 2.10. The van der Waals surface area contributed by atoms with E-state index in [1.165, 1.54) is 5.56 Å². The van der Waals surface area contributed by atoms with Crippen LogP contribution < -0.4 is 16.0 Å². The molecule has 0 aliphatic carbocycles. The Bertz CT molecular complexity index is 352. The van der Waals surface area contributed by atoms with Crippen LogP contribution in [0.1, 0.15) is 25.8 Å². The normalized spacial score (nSPS) is 10.0. The van der Waals surface area contributed by atoms with Crippen LogP contribution in [0.4, 0.5) is 10.5 Å². The van der Waals surface area contributed by atoms with Gasteiger partial charge in [0.15, 0.2) is 0 Å². The van der Waals surface area contributed by atoms with Crippen molar-refractivity contribution in [3.8, 4) is 0 Å². The summed E-state index contributed by atoms with van der Waals surface area (Å²) in [6.07, 6.45) is 1.12. The molecule has 0 atom stereocenters. The second-order valence-corrected chi connectivity index (χ2v) is 3.86. The Balaban J connectivity index is 2.50. The highest BCUT2D eigenvalue weighted by Gasteiger charge is 2.00. The predicted octanol–water partition coefficient (Wildman–Crippen LogP) is 2.33. The van der Waals surface area contributed by atoms with Crippen LogP contribution in [0.3, 0.4) is 0 Å². The zero-order valence-corrected chi connectivity index (χ0v) is 10.5. The van der Waals surface area contributed by atoms with E-state index >= 15 is 0 Å². The SMILES string of the molecule is CCCNCc1cccc(NC(=O)NCC)c1. The molecule has 3 N–H and O–H groups in total. The molecule has 1 rings (SSSR count). The molecular weight excluding hydrogens is 214 g/mol. The van der Waals surface area contributed by atoms with Gasteiger partial charge in [0.25, 0.3) is 0 Å². The third kappa shape index (κ3) is 5.36. The van der Waals surface area contributed by atoms with Gasteiger partial charge in [0.2, 0.25) is 0 Å². The highest BCUT2D eigenvalue weighted by atomic mass is 16.2. The van der Waals surface area contributed by atoms with Crippen molar-refractivity contribution in [1.29, 1.82) is 0 Å². The monoisotopic (exact) mass is 235 g/mol. The Morgan fingerprint density at radius 2 is 2.12 bits per heavy atom. The van der Waals surface area contributed by atoms with Crippen molar-refractivity contribution in [1.82, 2.24) is 10.6 Å². The van der Waals surface area contributed by atoms with Crippen molar-refractivity contribution in [3.05, 3.63) is 29.8 Å². The van der Waals surface area contributed by atoms with Gasteiger partial charge in [0.1, 0.15) is 0 Å². The first-order valence-corrected chi connectivity index (χ1v) is 6.10. The summed E-state index contributed by atoms with van der Waals surface area (Å²) in [7, 11) is 0. The standard InChI is InChI=1S/C13H21N3O/c1-3-8-14-10-11-6-5-7-12(9-11)16-13(17)15-4-2/h5-7,9,14H,3-4,8,10H2,1-2H3,(H2,15,16,17). The van der Waals surface area contributed by atoms with Crippen LogP contribution in [0.25, 0.3) is 0 Å². The van der Waals surface area contributed by atoms with Crippen LogP contribution in [0.2, 0.25) is 0 Å². The van der Waals surface area contributed by atoms with Gasteiger partial charge in [-0.3, -0.25) is 0 Å². The number of benzene rings is 1. The third-order valence-corrected chi connectivity index (χ3v) is 2.28. The second-order valence-electron chi connectivity index (χ2n) is 3.86. The number of carbonyl (C=O) groups excluding carboxylic acids is 1. The Morgan fingerprint density at radius 3 is 2.82 bits per heavy atom. The number of rotatable bonds is 6. The average Bonchev–Trinajstić information content (AvgIpc) is 2.30. The topological polar surface area (TPSA) is 53.2 Å². The third-order valence-electron chi connectivity index (χ3n) is 2.28. The number of anilines is 1. The molecule has 0 unspecified atom stereocenters. The van der Waals surface area contributed by atoms with Gasteiger partial charge in [0.05, 0.1) is 0 Å². The van der Waals surface area contributed by atoms with Crippen LogP contribution in [0, 0.1) is 0 Å². The van der Waals surface area contributed by atoms with E-state index in [9.17, 15) is 4.79 Å². The van der Waals surface area contributed by atoms with Crippen molar-refractivity contribution < 1.29 is 4.79 Å². The summed E-state index contributed by atoms with van der Waals surface area (Å²) in [6, 6.07) is 7.71. The van der Waals surface area contributed by atoms with Gasteiger partial charge in [-0.05, 0) is 37.6 Å². The summed E-state index contributed by atoms with van der Waals surface area (Å²) in [5.41, 5.74) is 2.00. The maximum absolute atomic E-state index is 11.3. The zero-order chi connectivity index (χ0) is 12.5. The van der Waals surface area contributed by atoms with Crippen molar-refractivity contribution in [2.45, 2.75) is 26.8 Å². The molecule has 0 spiro atoms. The van der Waals surface area contributed by atoms with Gasteiger partial charge in [0, 0.05) is 18.8 Å². The second kappa shape index (κ2) is 7.68. The maximum Gasteiger partial charge on any atom is 0.319 e. The van der Waals surface area contributed by atoms with Crippen molar-refractivity contribution in [2.24, 2.45) is 0 Å². The first-order chi connectivity index (χ1) is 8.26. The van der Waals surface area contributed by atoms with Crippen LogP contribution in [-0.4, -0.2) is 19.1 Å². The quantitative estimate of drug-likeness (QED) is 0.663. The van der Waals surface area contributed by atoms with E-state index in [2.05, 4.69) is 22.9 Å². The lowest BCUT2D eigenvalue weighted by Gasteiger charge is -2.08. The molecule has 0 fully saturated rings. The fourth-order valence-corrected chi connectivity index (χ4v) is 1.50. The zero-order valence-electron chi connectivity index (χ0n) is 10.5. The van der Waals surface area contributed by atoms with Gasteiger partial charge in [-0.15, -0.1) is 0 Å². The summed E-state index contributed by atoms with van der Waals surface area (Å²) in [4.78, 5) is 11.3. The summed E-state index contributed by atoms with van der Waals surface area (Å²) in [5, 5.41) is 8.82. The Labute approximate surface area is 103 Å². The van der Waals surface area contributed by atoms with E-state index in [-0.39, 0.29) is 6.03 Å². The minimum atomic E-state index is -0.161. The molecule has 0 heterocycles. The molecule has 0 radical (unpaired) electrons. The van der Waals surface area contributed by atoms with Crippen molar-refractivity contribution in [3.63, 3.8) is 0 Å². The van der Waals surface area contributed by atoms with Gasteiger partial charge in [-0.1, -0.05) is 19.1 Å². The molecule has 4 nitrogen and oxygen atoms in total. The number of amides is 2. The van der Waals surface area contributed by atoms with Crippen LogP contribution in [0.15, 0.2) is 24.3 Å². The van der Waals surface area contributed by atoms with Crippen LogP contribution in [0.5, 0.6) is 0 Å². The van der Waals surface area contributed by atoms with E-state index < -0.39 is 0 Å². The summed E-state index contributed by atoms with van der Waals surface area (Å²) in [6.45, 7) is 6.50. The summed E-state index contributed by atoms with van der Waals surface area (Å²) in [5.74, 6) is 0. The number of hydrogen-bond acceptors (Lipinski definition) is 2. The minimum Gasteiger partial charge on any atom is -0.338 e. The van der Waals surface area contributed by atoms with Gasteiger partial charge >= 0.3 is 6.03 Å². The molecule has 0 bridgehead atoms. The molecule has 0 saturated carbocycles. The van der Waals surface area contributed by atoms with Gasteiger partial charge < -0.3 is 16.0 Å². The number of carbonyl (C=O) groups is 1. The summed E-state index contributed by atoms with van der Waals surface area (Å²) >= 11 is 0. The van der Waals surface area contributed by atoms with Crippen molar-refractivity contribution in [2.75, 3.05) is 18.4 Å². The molecule has 4 heteroatoms.